The molecule has 9 rings (SSSR count). The molecule has 1 spiro atoms. The van der Waals surface area contributed by atoms with Crippen molar-refractivity contribution < 1.29 is 18.7 Å². The maximum Gasteiger partial charge on any atom is 0.340 e. The van der Waals surface area contributed by atoms with Gasteiger partial charge in [-0.15, -0.1) is 0 Å². The largest absolute Gasteiger partial charge is 0.454 e. The average Bonchev–Trinajstić information content (AvgIpc) is 3.55. The number of para-hydroxylation sites is 3. The van der Waals surface area contributed by atoms with Gasteiger partial charge in [0.2, 0.25) is 0 Å². The van der Waals surface area contributed by atoms with E-state index in [-0.39, 0.29) is 11.4 Å². The molecule has 0 amide bonds. The molecule has 3 aliphatic heterocycles. The fourth-order valence-corrected chi connectivity index (χ4v) is 8.45. The van der Waals surface area contributed by atoms with Gasteiger partial charge < -0.3 is 13.9 Å². The van der Waals surface area contributed by atoms with Crippen LogP contribution in [-0.4, -0.2) is 5.97 Å². The molecule has 0 saturated carbocycles. The van der Waals surface area contributed by atoms with Crippen molar-refractivity contribution in [3.8, 4) is 33.9 Å². The number of carbonyl (C=O) groups is 1. The van der Waals surface area contributed by atoms with Gasteiger partial charge >= 0.3 is 5.97 Å². The molecule has 4 aliphatic rings. The molecule has 0 atom stereocenters. The lowest BCUT2D eigenvalue weighted by molar-refractivity contribution is 0.0223. The van der Waals surface area contributed by atoms with Gasteiger partial charge in [-0.1, -0.05) is 134 Å². The summed E-state index contributed by atoms with van der Waals surface area (Å²) in [6, 6.07) is 36.7. The van der Waals surface area contributed by atoms with Gasteiger partial charge in [-0.2, -0.15) is 0 Å². The van der Waals surface area contributed by atoms with Crippen molar-refractivity contribution >= 4 is 80.7 Å². The highest BCUT2D eigenvalue weighted by Crippen LogP contribution is 2.58. The summed E-state index contributed by atoms with van der Waals surface area (Å²) >= 11 is 14.1. The molecule has 0 unspecified atom stereocenters. The molecule has 0 bridgehead atoms. The van der Waals surface area contributed by atoms with E-state index in [2.05, 4.69) is 82.8 Å². The number of hydrogen-bond acceptors (Lipinski definition) is 5. The second-order valence-electron chi connectivity index (χ2n) is 11.6. The molecular formula is C48H46Br4O5. The topological polar surface area (TPSA) is 65.7 Å². The second-order valence-corrected chi connectivity index (χ2v) is 15.0. The molecular weight excluding hydrogens is 976 g/mol. The summed E-state index contributed by atoms with van der Waals surface area (Å²) in [5, 5.41) is 1.01. The number of hydrogen-bond donors (Lipinski definition) is 0. The van der Waals surface area contributed by atoms with Crippen molar-refractivity contribution in [2.45, 2.75) is 67.9 Å². The molecule has 0 saturated heterocycles. The Kier molecular flexibility index (Phi) is 16.5. The highest BCUT2D eigenvalue weighted by atomic mass is 79.9. The summed E-state index contributed by atoms with van der Waals surface area (Å²) < 4.78 is 21.3. The van der Waals surface area contributed by atoms with Crippen molar-refractivity contribution in [1.29, 1.82) is 0 Å². The van der Waals surface area contributed by atoms with Crippen LogP contribution in [0.5, 0.6) is 11.5 Å². The van der Waals surface area contributed by atoms with Crippen LogP contribution in [0, 0.1) is 6.92 Å². The summed E-state index contributed by atoms with van der Waals surface area (Å²) in [6.07, 6.45) is 0. The van der Waals surface area contributed by atoms with Crippen LogP contribution in [0.2, 0.25) is 0 Å². The van der Waals surface area contributed by atoms with E-state index < -0.39 is 5.60 Å². The number of esters is 1. The molecule has 1 aliphatic carbocycles. The predicted molar refractivity (Wildman–Crippen MR) is 250 cm³/mol. The molecule has 0 aromatic heterocycles. The Labute approximate surface area is 369 Å². The van der Waals surface area contributed by atoms with Crippen molar-refractivity contribution in [1.82, 2.24) is 0 Å². The third-order valence-electron chi connectivity index (χ3n) is 8.85. The van der Waals surface area contributed by atoms with Crippen LogP contribution in [0.4, 0.5) is 0 Å². The van der Waals surface area contributed by atoms with Gasteiger partial charge in [-0.25, -0.2) is 4.79 Å². The molecule has 3 heterocycles. The highest BCUT2D eigenvalue weighted by Gasteiger charge is 2.54. The lowest BCUT2D eigenvalue weighted by atomic mass is 9.78. The minimum atomic E-state index is -1.01. The number of rotatable bonds is 1. The summed E-state index contributed by atoms with van der Waals surface area (Å²) in [4.78, 5) is 24.7. The number of carbonyl (C=O) groups excluding carboxylic acids is 1. The zero-order valence-corrected chi connectivity index (χ0v) is 39.9. The third kappa shape index (κ3) is 8.45. The standard InChI is InChI=1S/C20H10Br2O3.C20H12Br2O2.4C2H6/c21-15-9-3-7-13-17(15)24-18-14(8-4-10-16(18)22)20(13)12-6-2-1-5-11(12)19(23)25-20;1-11-5-2-3-6-12(11)17-13-7-4-8-15(21)19(13)24-20-14(17)9-10-16(23)18(20)22;4*1-2/h1-10H;2-10H,1H3;4*1-2H3. The minimum Gasteiger partial charge on any atom is -0.454 e. The van der Waals surface area contributed by atoms with E-state index in [0.29, 0.717) is 27.3 Å². The fraction of sp³-hybridized carbons (Fsp3) is 0.208. The molecule has 296 valence electrons. The summed E-state index contributed by atoms with van der Waals surface area (Å²) in [6.45, 7) is 18.1. The Balaban J connectivity index is 0.000000216. The number of fused-ring (bicyclic) bond motifs is 8. The van der Waals surface area contributed by atoms with Crippen LogP contribution in [-0.2, 0) is 10.3 Å². The van der Waals surface area contributed by atoms with Crippen LogP contribution in [0.1, 0.15) is 88.0 Å². The van der Waals surface area contributed by atoms with Gasteiger partial charge in [0.15, 0.2) is 16.8 Å². The van der Waals surface area contributed by atoms with Gasteiger partial charge in [0.05, 0.1) is 19.0 Å². The van der Waals surface area contributed by atoms with Gasteiger partial charge in [0.25, 0.3) is 0 Å². The number of ether oxygens (including phenoxy) is 2. The zero-order valence-electron chi connectivity index (χ0n) is 33.5. The molecule has 5 nitrogen and oxygen atoms in total. The Morgan fingerprint density at radius 1 is 0.509 bits per heavy atom. The van der Waals surface area contributed by atoms with E-state index in [1.54, 1.807) is 12.1 Å². The monoisotopic (exact) mass is 1020 g/mol. The first-order valence-electron chi connectivity index (χ1n) is 19.2. The maximum absolute atomic E-state index is 12.6. The Bertz CT molecular complexity index is 2470. The van der Waals surface area contributed by atoms with Crippen LogP contribution in [0.3, 0.4) is 0 Å². The third-order valence-corrected chi connectivity index (χ3v) is 11.5. The van der Waals surface area contributed by atoms with Crippen molar-refractivity contribution in [2.24, 2.45) is 0 Å². The number of halogens is 4. The Morgan fingerprint density at radius 2 is 1.02 bits per heavy atom. The maximum atomic E-state index is 12.6. The van der Waals surface area contributed by atoms with E-state index in [1.807, 2.05) is 146 Å². The van der Waals surface area contributed by atoms with Crippen LogP contribution >= 0.6 is 63.7 Å². The lowest BCUT2D eigenvalue weighted by Crippen LogP contribution is -2.33. The first-order valence-corrected chi connectivity index (χ1v) is 22.4. The van der Waals surface area contributed by atoms with Crippen LogP contribution in [0.15, 0.2) is 142 Å². The van der Waals surface area contributed by atoms with Crippen LogP contribution in [0.25, 0.3) is 33.4 Å². The minimum absolute atomic E-state index is 0.0895. The summed E-state index contributed by atoms with van der Waals surface area (Å²) in [7, 11) is 0. The van der Waals surface area contributed by atoms with E-state index >= 15 is 0 Å². The van der Waals surface area contributed by atoms with E-state index in [9.17, 15) is 9.59 Å². The molecule has 9 heteroatoms. The van der Waals surface area contributed by atoms with Gasteiger partial charge in [0.1, 0.15) is 21.6 Å². The van der Waals surface area contributed by atoms with Gasteiger partial charge in [-0.3, -0.25) is 4.79 Å². The molecule has 0 fully saturated rings. The first-order chi connectivity index (χ1) is 27.7. The predicted octanol–water partition coefficient (Wildman–Crippen LogP) is 16.3. The summed E-state index contributed by atoms with van der Waals surface area (Å²) in [5.74, 6) is 1.56. The Morgan fingerprint density at radius 3 is 1.61 bits per heavy atom. The van der Waals surface area contributed by atoms with Gasteiger partial charge in [-0.05, 0) is 118 Å². The van der Waals surface area contributed by atoms with E-state index in [0.717, 1.165) is 57.8 Å². The van der Waals surface area contributed by atoms with Crippen molar-refractivity contribution in [3.63, 3.8) is 0 Å². The van der Waals surface area contributed by atoms with Crippen molar-refractivity contribution in [2.75, 3.05) is 0 Å². The molecule has 5 aromatic carbocycles. The number of benzene rings is 6. The smallest absolute Gasteiger partial charge is 0.340 e. The Hall–Kier alpha value is -4.02. The summed E-state index contributed by atoms with van der Waals surface area (Å²) in [5.41, 5.74) is 6.97. The molecule has 0 N–H and O–H groups in total. The number of aryl methyl sites for hydroxylation is 1. The second kappa shape index (κ2) is 20.6. The van der Waals surface area contributed by atoms with Gasteiger partial charge in [0, 0.05) is 33.2 Å². The van der Waals surface area contributed by atoms with Crippen molar-refractivity contribution in [3.05, 3.63) is 171 Å². The fourth-order valence-electron chi connectivity index (χ4n) is 6.68. The molecule has 5 aromatic rings. The zero-order chi connectivity index (χ0) is 42.0. The SMILES string of the molecule is CC.CC.CC.CC.Cc1ccccc1-c1c2ccc(=O)c(Br)c-2oc2c(Br)cccc12.O=C1OC2(c3ccccc31)c1cccc(Br)c1Oc1c(Br)cccc12. The molecule has 57 heavy (non-hydrogen) atoms. The first kappa shape index (κ1) is 45.7. The normalized spacial score (nSPS) is 12.1. The average molecular weight is 1020 g/mol. The van der Waals surface area contributed by atoms with Crippen LogP contribution < -0.4 is 10.2 Å². The molecule has 0 radical (unpaired) electrons. The van der Waals surface area contributed by atoms with E-state index in [4.69, 9.17) is 13.9 Å². The lowest BCUT2D eigenvalue weighted by Gasteiger charge is -2.37. The van der Waals surface area contributed by atoms with E-state index in [1.165, 1.54) is 5.56 Å². The highest BCUT2D eigenvalue weighted by molar-refractivity contribution is 9.11. The quantitative estimate of drug-likeness (QED) is 0.121.